The number of carbonyl (C=O) groups excluding carboxylic acids is 1. The first-order valence-corrected chi connectivity index (χ1v) is 6.03. The summed E-state index contributed by atoms with van der Waals surface area (Å²) >= 11 is 1.17. The maximum Gasteiger partial charge on any atom is 0.231 e. The third-order valence-corrected chi connectivity index (χ3v) is 2.50. The van der Waals surface area contributed by atoms with Gasteiger partial charge in [-0.1, -0.05) is 32.5 Å². The zero-order chi connectivity index (χ0) is 11.8. The van der Waals surface area contributed by atoms with Gasteiger partial charge in [0, 0.05) is 12.2 Å². The fourth-order valence-electron chi connectivity index (χ4n) is 0.931. The Balaban J connectivity index is 4.54. The molecule has 0 aromatic carbocycles. The molecule has 0 radical (unpaired) electrons. The van der Waals surface area contributed by atoms with E-state index < -0.39 is 0 Å². The first kappa shape index (κ1) is 14.1. The molecule has 0 fully saturated rings. The number of nitriles is 1. The smallest absolute Gasteiger partial charge is 0.231 e. The van der Waals surface area contributed by atoms with E-state index in [0.717, 1.165) is 6.54 Å². The molecule has 4 heteroatoms. The van der Waals surface area contributed by atoms with E-state index in [4.69, 9.17) is 5.26 Å². The quantitative estimate of drug-likeness (QED) is 0.577. The van der Waals surface area contributed by atoms with E-state index in [-0.39, 0.29) is 10.7 Å². The average Bonchev–Trinajstić information content (AvgIpc) is 2.16. The summed E-state index contributed by atoms with van der Waals surface area (Å²) in [5.74, 6) is 1.19. The lowest BCUT2D eigenvalue weighted by Gasteiger charge is -2.10. The minimum absolute atomic E-state index is 0.145. The number of rotatable bonds is 5. The second-order valence-corrected chi connectivity index (χ2v) is 4.84. The highest BCUT2D eigenvalue weighted by molar-refractivity contribution is 8.14. The fourth-order valence-corrected chi connectivity index (χ4v) is 1.54. The molecule has 0 aromatic rings. The standard InChI is InChI=1S/C11H18N2OS/c1-5-15-11(14)10(6-12)9(4)13-7-8(2)3/h8,13H,5,7H2,1-4H3/b10-9-. The van der Waals surface area contributed by atoms with Crippen LogP contribution in [0.1, 0.15) is 27.7 Å². The maximum absolute atomic E-state index is 11.5. The molecule has 0 aliphatic carbocycles. The Labute approximate surface area is 95.9 Å². The molecule has 0 saturated carbocycles. The lowest BCUT2D eigenvalue weighted by atomic mass is 10.2. The Hall–Kier alpha value is -0.950. The van der Waals surface area contributed by atoms with Crippen molar-refractivity contribution in [3.8, 4) is 6.07 Å². The van der Waals surface area contributed by atoms with Gasteiger partial charge in [-0.3, -0.25) is 4.79 Å². The van der Waals surface area contributed by atoms with Gasteiger partial charge in [-0.2, -0.15) is 5.26 Å². The van der Waals surface area contributed by atoms with Crippen LogP contribution in [0.4, 0.5) is 0 Å². The highest BCUT2D eigenvalue weighted by atomic mass is 32.2. The number of nitrogens with one attached hydrogen (secondary N) is 1. The monoisotopic (exact) mass is 226 g/mol. The van der Waals surface area contributed by atoms with Crippen LogP contribution in [0.3, 0.4) is 0 Å². The summed E-state index contributed by atoms with van der Waals surface area (Å²) in [5, 5.41) is 11.8. The highest BCUT2D eigenvalue weighted by Crippen LogP contribution is 2.12. The molecular weight excluding hydrogens is 208 g/mol. The number of hydrogen-bond acceptors (Lipinski definition) is 4. The van der Waals surface area contributed by atoms with Crippen LogP contribution in [0.15, 0.2) is 11.3 Å². The first-order valence-electron chi connectivity index (χ1n) is 5.04. The normalized spacial score (nSPS) is 12.0. The fraction of sp³-hybridized carbons (Fsp3) is 0.636. The largest absolute Gasteiger partial charge is 0.387 e. The van der Waals surface area contributed by atoms with Gasteiger partial charge < -0.3 is 5.32 Å². The second kappa shape index (κ2) is 7.36. The van der Waals surface area contributed by atoms with Crippen LogP contribution in [0, 0.1) is 17.2 Å². The van der Waals surface area contributed by atoms with Gasteiger partial charge in [-0.25, -0.2) is 0 Å². The second-order valence-electron chi connectivity index (χ2n) is 3.61. The van der Waals surface area contributed by atoms with Gasteiger partial charge in [0.15, 0.2) is 0 Å². The third kappa shape index (κ3) is 5.48. The van der Waals surface area contributed by atoms with Crippen molar-refractivity contribution in [2.24, 2.45) is 5.92 Å². The van der Waals surface area contributed by atoms with Crippen molar-refractivity contribution < 1.29 is 4.79 Å². The third-order valence-electron chi connectivity index (χ3n) is 1.74. The van der Waals surface area contributed by atoms with Gasteiger partial charge in [0.2, 0.25) is 5.12 Å². The Morgan fingerprint density at radius 2 is 2.13 bits per heavy atom. The Kier molecular flexibility index (Phi) is 6.89. The number of nitrogens with zero attached hydrogens (tertiary/aromatic N) is 1. The lowest BCUT2D eigenvalue weighted by Crippen LogP contribution is -2.20. The van der Waals surface area contributed by atoms with Gasteiger partial charge in [-0.05, 0) is 18.6 Å². The van der Waals surface area contributed by atoms with Crippen molar-refractivity contribution in [1.29, 1.82) is 5.26 Å². The summed E-state index contributed by atoms with van der Waals surface area (Å²) in [6.07, 6.45) is 0. The van der Waals surface area contributed by atoms with E-state index in [1.54, 1.807) is 6.92 Å². The summed E-state index contributed by atoms with van der Waals surface area (Å²) in [7, 11) is 0. The van der Waals surface area contributed by atoms with Crippen molar-refractivity contribution in [3.63, 3.8) is 0 Å². The van der Waals surface area contributed by atoms with Crippen molar-refractivity contribution in [3.05, 3.63) is 11.3 Å². The predicted octanol–water partition coefficient (Wildman–Crippen LogP) is 2.31. The molecule has 0 bridgehead atoms. The minimum atomic E-state index is -0.145. The van der Waals surface area contributed by atoms with Gasteiger partial charge in [0.1, 0.15) is 11.6 Å². The van der Waals surface area contributed by atoms with Gasteiger partial charge in [-0.15, -0.1) is 0 Å². The van der Waals surface area contributed by atoms with Crippen LogP contribution in [-0.2, 0) is 4.79 Å². The summed E-state index contributed by atoms with van der Waals surface area (Å²) in [6.45, 7) is 8.61. The molecule has 0 aliphatic rings. The van der Waals surface area contributed by atoms with E-state index in [9.17, 15) is 4.79 Å². The molecule has 0 amide bonds. The van der Waals surface area contributed by atoms with Crippen LogP contribution < -0.4 is 5.32 Å². The molecule has 0 heterocycles. The molecular formula is C11H18N2OS. The van der Waals surface area contributed by atoms with Crippen molar-refractivity contribution in [2.75, 3.05) is 12.3 Å². The van der Waals surface area contributed by atoms with Crippen molar-refractivity contribution in [1.82, 2.24) is 5.32 Å². The Morgan fingerprint density at radius 3 is 2.53 bits per heavy atom. The molecule has 0 unspecified atom stereocenters. The lowest BCUT2D eigenvalue weighted by molar-refractivity contribution is -0.107. The Bertz CT molecular complexity index is 289. The van der Waals surface area contributed by atoms with Crippen molar-refractivity contribution in [2.45, 2.75) is 27.7 Å². The van der Waals surface area contributed by atoms with Gasteiger partial charge >= 0.3 is 0 Å². The summed E-state index contributed by atoms with van der Waals surface area (Å²) in [5.41, 5.74) is 0.916. The molecule has 0 aromatic heterocycles. The van der Waals surface area contributed by atoms with E-state index in [1.807, 2.05) is 13.0 Å². The van der Waals surface area contributed by atoms with Crippen LogP contribution in [-0.4, -0.2) is 17.4 Å². The molecule has 84 valence electrons. The zero-order valence-corrected chi connectivity index (χ0v) is 10.6. The molecule has 0 rings (SSSR count). The molecule has 0 aliphatic heterocycles. The minimum Gasteiger partial charge on any atom is -0.387 e. The maximum atomic E-state index is 11.5. The topological polar surface area (TPSA) is 52.9 Å². The molecule has 0 saturated heterocycles. The van der Waals surface area contributed by atoms with Crippen LogP contribution >= 0.6 is 11.8 Å². The zero-order valence-electron chi connectivity index (χ0n) is 9.76. The first-order chi connectivity index (χ1) is 7.02. The highest BCUT2D eigenvalue weighted by Gasteiger charge is 2.12. The van der Waals surface area contributed by atoms with Gasteiger partial charge in [0.05, 0.1) is 0 Å². The summed E-state index contributed by atoms with van der Waals surface area (Å²) in [6, 6.07) is 1.96. The number of carbonyl (C=O) groups is 1. The van der Waals surface area contributed by atoms with Crippen LogP contribution in [0.2, 0.25) is 0 Å². The molecule has 3 nitrogen and oxygen atoms in total. The van der Waals surface area contributed by atoms with E-state index in [2.05, 4.69) is 19.2 Å². The number of allylic oxidation sites excluding steroid dienone is 1. The summed E-state index contributed by atoms with van der Waals surface area (Å²) in [4.78, 5) is 11.5. The molecule has 1 N–H and O–H groups in total. The predicted molar refractivity (Wildman–Crippen MR) is 64.3 cm³/mol. The SMILES string of the molecule is CCSC(=O)/C(C#N)=C(/C)NCC(C)C. The van der Waals surface area contributed by atoms with E-state index in [1.165, 1.54) is 11.8 Å². The number of hydrogen-bond donors (Lipinski definition) is 1. The van der Waals surface area contributed by atoms with E-state index in [0.29, 0.717) is 17.4 Å². The molecule has 0 atom stereocenters. The Morgan fingerprint density at radius 1 is 1.53 bits per heavy atom. The van der Waals surface area contributed by atoms with E-state index >= 15 is 0 Å². The molecule has 15 heavy (non-hydrogen) atoms. The summed E-state index contributed by atoms with van der Waals surface area (Å²) < 4.78 is 0. The van der Waals surface area contributed by atoms with Crippen LogP contribution in [0.5, 0.6) is 0 Å². The molecule has 0 spiro atoms. The van der Waals surface area contributed by atoms with Gasteiger partial charge in [0.25, 0.3) is 0 Å². The van der Waals surface area contributed by atoms with Crippen LogP contribution in [0.25, 0.3) is 0 Å². The van der Waals surface area contributed by atoms with Crippen molar-refractivity contribution >= 4 is 16.9 Å². The average molecular weight is 226 g/mol. The number of thioether (sulfide) groups is 1.